The molecule has 5 heteroatoms. The van der Waals surface area contributed by atoms with Gasteiger partial charge in [0.2, 0.25) is 0 Å². The van der Waals surface area contributed by atoms with Crippen molar-refractivity contribution >= 4 is 23.2 Å². The second-order valence-electron chi connectivity index (χ2n) is 4.69. The number of amides is 2. The third-order valence-electron chi connectivity index (χ3n) is 3.58. The number of urea groups is 1. The minimum atomic E-state index is 0.0608. The van der Waals surface area contributed by atoms with Crippen LogP contribution in [-0.2, 0) is 0 Å². The fourth-order valence-electron chi connectivity index (χ4n) is 2.64. The molecule has 2 amide bonds. The number of nitrogens with two attached hydrogens (primary N) is 1. The Kier molecular flexibility index (Phi) is 3.63. The van der Waals surface area contributed by atoms with Crippen molar-refractivity contribution in [3.63, 3.8) is 0 Å². The SMILES string of the molecule is NC(=S)C1CCCC1NC(=O)N1CCCC1. The van der Waals surface area contributed by atoms with E-state index in [9.17, 15) is 4.79 Å². The third-order valence-corrected chi connectivity index (χ3v) is 3.89. The van der Waals surface area contributed by atoms with Crippen LogP contribution in [0.1, 0.15) is 32.1 Å². The molecule has 0 radical (unpaired) electrons. The maximum absolute atomic E-state index is 11.9. The van der Waals surface area contributed by atoms with Gasteiger partial charge in [0.15, 0.2) is 0 Å². The zero-order valence-electron chi connectivity index (χ0n) is 9.45. The molecule has 16 heavy (non-hydrogen) atoms. The topological polar surface area (TPSA) is 58.4 Å². The Morgan fingerprint density at radius 3 is 2.56 bits per heavy atom. The Hall–Kier alpha value is -0.840. The summed E-state index contributed by atoms with van der Waals surface area (Å²) in [6.07, 6.45) is 5.36. The Morgan fingerprint density at radius 2 is 1.94 bits per heavy atom. The van der Waals surface area contributed by atoms with Crippen LogP contribution in [0, 0.1) is 5.92 Å². The monoisotopic (exact) mass is 241 g/mol. The van der Waals surface area contributed by atoms with Crippen molar-refractivity contribution in [2.45, 2.75) is 38.1 Å². The molecule has 0 spiro atoms. The number of carbonyl (C=O) groups excluding carboxylic acids is 1. The lowest BCUT2D eigenvalue weighted by Gasteiger charge is -2.23. The Bertz CT molecular complexity index is 289. The summed E-state index contributed by atoms with van der Waals surface area (Å²) in [5, 5.41) is 3.07. The number of carbonyl (C=O) groups is 1. The average molecular weight is 241 g/mol. The number of nitrogens with zero attached hydrogens (tertiary/aromatic N) is 1. The lowest BCUT2D eigenvalue weighted by Crippen LogP contribution is -2.47. The van der Waals surface area contributed by atoms with Gasteiger partial charge in [0, 0.05) is 25.0 Å². The summed E-state index contributed by atoms with van der Waals surface area (Å²) in [7, 11) is 0. The number of hydrogen-bond acceptors (Lipinski definition) is 2. The Morgan fingerprint density at radius 1 is 1.25 bits per heavy atom. The highest BCUT2D eigenvalue weighted by atomic mass is 32.1. The normalized spacial score (nSPS) is 29.4. The van der Waals surface area contributed by atoms with Gasteiger partial charge in [0.05, 0.1) is 4.99 Å². The number of rotatable bonds is 2. The molecule has 0 aromatic carbocycles. The molecule has 2 rings (SSSR count). The summed E-state index contributed by atoms with van der Waals surface area (Å²) >= 11 is 5.03. The molecule has 0 aromatic heterocycles. The van der Waals surface area contributed by atoms with Crippen LogP contribution in [0.5, 0.6) is 0 Å². The molecule has 1 heterocycles. The van der Waals surface area contributed by atoms with Gasteiger partial charge in [-0.15, -0.1) is 0 Å². The molecule has 2 aliphatic rings. The third kappa shape index (κ3) is 2.45. The Labute approximate surface area is 102 Å². The zero-order valence-corrected chi connectivity index (χ0v) is 10.3. The maximum Gasteiger partial charge on any atom is 0.317 e. The highest BCUT2D eigenvalue weighted by Crippen LogP contribution is 2.26. The molecule has 90 valence electrons. The molecule has 0 aromatic rings. The van der Waals surface area contributed by atoms with E-state index in [1.165, 1.54) is 0 Å². The van der Waals surface area contributed by atoms with Crippen molar-refractivity contribution in [2.75, 3.05) is 13.1 Å². The van der Waals surface area contributed by atoms with Crippen LogP contribution in [-0.4, -0.2) is 35.1 Å². The van der Waals surface area contributed by atoms with Gasteiger partial charge >= 0.3 is 6.03 Å². The molecule has 3 N–H and O–H groups in total. The van der Waals surface area contributed by atoms with E-state index in [2.05, 4.69) is 5.32 Å². The fraction of sp³-hybridized carbons (Fsp3) is 0.818. The first-order valence-electron chi connectivity index (χ1n) is 6.03. The minimum absolute atomic E-state index is 0.0608. The summed E-state index contributed by atoms with van der Waals surface area (Å²) in [6.45, 7) is 1.77. The lowest BCUT2D eigenvalue weighted by atomic mass is 10.0. The van der Waals surface area contributed by atoms with Gasteiger partial charge in [-0.2, -0.15) is 0 Å². The van der Waals surface area contributed by atoms with Crippen LogP contribution in [0.2, 0.25) is 0 Å². The first-order valence-corrected chi connectivity index (χ1v) is 6.44. The number of likely N-dealkylation sites (tertiary alicyclic amines) is 1. The van der Waals surface area contributed by atoms with Crippen LogP contribution < -0.4 is 11.1 Å². The molecule has 2 fully saturated rings. The van der Waals surface area contributed by atoms with E-state index >= 15 is 0 Å². The van der Waals surface area contributed by atoms with E-state index in [0.29, 0.717) is 4.99 Å². The molecule has 0 bridgehead atoms. The number of thiocarbonyl (C=S) groups is 1. The predicted octanol–water partition coefficient (Wildman–Crippen LogP) is 1.25. The van der Waals surface area contributed by atoms with E-state index in [-0.39, 0.29) is 18.0 Å². The van der Waals surface area contributed by atoms with Crippen molar-refractivity contribution in [3.05, 3.63) is 0 Å². The van der Waals surface area contributed by atoms with Crippen LogP contribution in [0.4, 0.5) is 4.79 Å². The van der Waals surface area contributed by atoms with E-state index in [0.717, 1.165) is 45.2 Å². The largest absolute Gasteiger partial charge is 0.393 e. The molecule has 1 saturated heterocycles. The van der Waals surface area contributed by atoms with Crippen molar-refractivity contribution in [3.8, 4) is 0 Å². The van der Waals surface area contributed by atoms with Gasteiger partial charge in [-0.3, -0.25) is 0 Å². The van der Waals surface area contributed by atoms with Crippen LogP contribution in [0.3, 0.4) is 0 Å². The van der Waals surface area contributed by atoms with E-state index in [4.69, 9.17) is 18.0 Å². The standard InChI is InChI=1S/C11H19N3OS/c12-10(16)8-4-3-5-9(8)13-11(15)14-6-1-2-7-14/h8-9H,1-7H2,(H2,12,16)(H,13,15). The first-order chi connectivity index (χ1) is 7.68. The van der Waals surface area contributed by atoms with Gasteiger partial charge in [0.1, 0.15) is 0 Å². The smallest absolute Gasteiger partial charge is 0.317 e. The molecule has 1 aliphatic heterocycles. The molecule has 4 nitrogen and oxygen atoms in total. The minimum Gasteiger partial charge on any atom is -0.393 e. The molecule has 1 saturated carbocycles. The summed E-state index contributed by atoms with van der Waals surface area (Å²) in [4.78, 5) is 14.3. The second kappa shape index (κ2) is 4.99. The van der Waals surface area contributed by atoms with Crippen LogP contribution in [0.25, 0.3) is 0 Å². The maximum atomic E-state index is 11.9. The molecular formula is C11H19N3OS. The van der Waals surface area contributed by atoms with Crippen molar-refractivity contribution in [2.24, 2.45) is 11.7 Å². The Balaban J connectivity index is 1.88. The molecule has 2 atom stereocenters. The van der Waals surface area contributed by atoms with Crippen molar-refractivity contribution < 1.29 is 4.79 Å². The zero-order chi connectivity index (χ0) is 11.5. The summed E-state index contributed by atoms with van der Waals surface area (Å²) in [5.74, 6) is 0.196. The van der Waals surface area contributed by atoms with Gasteiger partial charge in [-0.05, 0) is 25.7 Å². The van der Waals surface area contributed by atoms with E-state index < -0.39 is 0 Å². The summed E-state index contributed by atoms with van der Waals surface area (Å²) in [6, 6.07) is 0.219. The first kappa shape index (κ1) is 11.6. The van der Waals surface area contributed by atoms with Gasteiger partial charge in [-0.1, -0.05) is 18.6 Å². The van der Waals surface area contributed by atoms with Gasteiger partial charge in [0.25, 0.3) is 0 Å². The molecule has 2 unspecified atom stereocenters. The summed E-state index contributed by atoms with van der Waals surface area (Å²) in [5.41, 5.74) is 5.68. The van der Waals surface area contributed by atoms with Crippen LogP contribution >= 0.6 is 12.2 Å². The molecule has 1 aliphatic carbocycles. The van der Waals surface area contributed by atoms with Gasteiger partial charge < -0.3 is 16.0 Å². The van der Waals surface area contributed by atoms with Gasteiger partial charge in [-0.25, -0.2) is 4.79 Å². The predicted molar refractivity (Wildman–Crippen MR) is 67.3 cm³/mol. The van der Waals surface area contributed by atoms with E-state index in [1.54, 1.807) is 0 Å². The highest BCUT2D eigenvalue weighted by Gasteiger charge is 2.31. The fourth-order valence-corrected chi connectivity index (χ4v) is 2.93. The lowest BCUT2D eigenvalue weighted by molar-refractivity contribution is 0.203. The molecular weight excluding hydrogens is 222 g/mol. The summed E-state index contributed by atoms with van der Waals surface area (Å²) < 4.78 is 0. The van der Waals surface area contributed by atoms with Crippen LogP contribution in [0.15, 0.2) is 0 Å². The average Bonchev–Trinajstić information content (AvgIpc) is 2.86. The second-order valence-corrected chi connectivity index (χ2v) is 5.16. The van der Waals surface area contributed by atoms with E-state index in [1.807, 2.05) is 4.90 Å². The quantitative estimate of drug-likeness (QED) is 0.715. The number of hydrogen-bond donors (Lipinski definition) is 2. The highest BCUT2D eigenvalue weighted by molar-refractivity contribution is 7.80. The van der Waals surface area contributed by atoms with Crippen molar-refractivity contribution in [1.82, 2.24) is 10.2 Å². The van der Waals surface area contributed by atoms with Crippen molar-refractivity contribution in [1.29, 1.82) is 0 Å². The number of nitrogens with one attached hydrogen (secondary N) is 1.